The summed E-state index contributed by atoms with van der Waals surface area (Å²) in [6.07, 6.45) is 3.36. The van der Waals surface area contributed by atoms with Crippen molar-refractivity contribution >= 4 is 17.0 Å². The first-order chi connectivity index (χ1) is 22.4. The highest BCUT2D eigenvalue weighted by Crippen LogP contribution is 2.37. The summed E-state index contributed by atoms with van der Waals surface area (Å²) in [6, 6.07) is 14.7. The second-order valence-electron chi connectivity index (χ2n) is 12.2. The van der Waals surface area contributed by atoms with Gasteiger partial charge in [-0.1, -0.05) is 36.8 Å². The topological polar surface area (TPSA) is 89.3 Å². The number of imidazole rings is 1. The molecule has 0 amide bonds. The van der Waals surface area contributed by atoms with Crippen LogP contribution >= 0.6 is 0 Å². The Kier molecular flexibility index (Phi) is 9.86. The molecule has 0 saturated carbocycles. The van der Waals surface area contributed by atoms with Crippen LogP contribution in [0.15, 0.2) is 48.5 Å². The Labute approximate surface area is 269 Å². The molecule has 1 N–H and O–H groups in total. The molecule has 2 fully saturated rings. The third-order valence-corrected chi connectivity index (χ3v) is 9.36. The van der Waals surface area contributed by atoms with Crippen LogP contribution in [-0.2, 0) is 23.1 Å². The number of morpholine rings is 1. The molecule has 2 aliphatic heterocycles. The number of carboxylic acid groups (broad SMARTS) is 1. The number of hydrogen-bond donors (Lipinski definition) is 1. The van der Waals surface area contributed by atoms with E-state index in [1.807, 2.05) is 59.8 Å². The molecule has 1 atom stereocenters. The maximum atomic E-state index is 15.9. The van der Waals surface area contributed by atoms with Gasteiger partial charge in [0.15, 0.2) is 11.6 Å². The van der Waals surface area contributed by atoms with Crippen molar-refractivity contribution < 1.29 is 28.5 Å². The highest BCUT2D eigenvalue weighted by molar-refractivity contribution is 5.85. The van der Waals surface area contributed by atoms with E-state index >= 15 is 4.39 Å². The van der Waals surface area contributed by atoms with Crippen molar-refractivity contribution in [3.63, 3.8) is 0 Å². The number of ether oxygens (including phenoxy) is 3. The molecule has 0 spiro atoms. The number of fused-ring (bicyclic) bond motifs is 1. The van der Waals surface area contributed by atoms with Crippen LogP contribution in [0.2, 0.25) is 0 Å². The highest BCUT2D eigenvalue weighted by atomic mass is 19.1. The molecule has 46 heavy (non-hydrogen) atoms. The molecule has 2 aliphatic rings. The lowest BCUT2D eigenvalue weighted by Gasteiger charge is -2.33. The van der Waals surface area contributed by atoms with E-state index in [-0.39, 0.29) is 11.6 Å². The number of hydrogen-bond acceptors (Lipinski definition) is 7. The first kappa shape index (κ1) is 32.0. The predicted molar refractivity (Wildman–Crippen MR) is 176 cm³/mol. The number of carbonyl (C=O) groups is 1. The van der Waals surface area contributed by atoms with Gasteiger partial charge >= 0.3 is 5.97 Å². The Hall–Kier alpha value is -3.99. The lowest BCUT2D eigenvalue weighted by Crippen LogP contribution is -2.44. The molecule has 0 radical (unpaired) electrons. The van der Waals surface area contributed by atoms with Gasteiger partial charge in [0.25, 0.3) is 0 Å². The number of aromatic nitrogens is 2. The minimum atomic E-state index is -0.785. The first-order valence-electron chi connectivity index (χ1n) is 16.2. The summed E-state index contributed by atoms with van der Waals surface area (Å²) in [5, 5.41) is 9.78. The van der Waals surface area contributed by atoms with Gasteiger partial charge in [0.1, 0.15) is 17.6 Å². The normalized spacial score (nSPS) is 17.8. The van der Waals surface area contributed by atoms with Crippen molar-refractivity contribution in [2.24, 2.45) is 7.05 Å². The highest BCUT2D eigenvalue weighted by Gasteiger charge is 2.29. The van der Waals surface area contributed by atoms with E-state index in [0.717, 1.165) is 97.8 Å². The quantitative estimate of drug-likeness (QED) is 0.205. The zero-order chi connectivity index (χ0) is 32.2. The smallest absolute Gasteiger partial charge is 0.320 e. The van der Waals surface area contributed by atoms with Crippen LogP contribution in [0.4, 0.5) is 4.39 Å². The molecule has 1 unspecified atom stereocenters. The molecule has 3 heterocycles. The third-order valence-electron chi connectivity index (χ3n) is 9.36. The zero-order valence-corrected chi connectivity index (χ0v) is 26.9. The number of nitrogens with zero attached hydrogens (tertiary/aromatic N) is 4. The number of methoxy groups -OCH3 is 1. The van der Waals surface area contributed by atoms with Crippen molar-refractivity contribution in [2.45, 2.75) is 45.2 Å². The van der Waals surface area contributed by atoms with E-state index in [9.17, 15) is 9.90 Å². The van der Waals surface area contributed by atoms with Crippen molar-refractivity contribution in [2.75, 3.05) is 53.1 Å². The molecule has 4 aromatic rings. The Morgan fingerprint density at radius 2 is 1.80 bits per heavy atom. The molecule has 3 aromatic carbocycles. The standard InChI is InChI=1S/C36H43FN4O5/c1-24-26(28-11-7-13-32(34(28)37)46-18-8-14-40-16-19-45-20-17-40)9-6-10-27(24)35-38-29-21-25(33(44-3)22-31(29)39(35)2)23-41-15-5-4-12-30(41)36(42)43/h6-7,9-11,13,21-22,30H,4-5,8,12,14-20,23H2,1-3H3,(H,42,43). The molecular formula is C36H43FN4O5. The fraction of sp³-hybridized carbons (Fsp3) is 0.444. The summed E-state index contributed by atoms with van der Waals surface area (Å²) in [5.74, 6) is 0.556. The van der Waals surface area contributed by atoms with Crippen molar-refractivity contribution in [1.29, 1.82) is 0 Å². The summed E-state index contributed by atoms with van der Waals surface area (Å²) in [6.45, 7) is 7.90. The average molecular weight is 631 g/mol. The lowest BCUT2D eigenvalue weighted by atomic mass is 9.95. The molecular weight excluding hydrogens is 587 g/mol. The summed E-state index contributed by atoms with van der Waals surface area (Å²) in [4.78, 5) is 21.3. The van der Waals surface area contributed by atoms with Crippen LogP contribution in [0.25, 0.3) is 33.5 Å². The van der Waals surface area contributed by atoms with Gasteiger partial charge in [-0.25, -0.2) is 9.37 Å². The number of piperidine rings is 1. The van der Waals surface area contributed by atoms with E-state index in [1.54, 1.807) is 19.2 Å². The lowest BCUT2D eigenvalue weighted by molar-refractivity contribution is -0.144. The van der Waals surface area contributed by atoms with Crippen LogP contribution < -0.4 is 9.47 Å². The molecule has 0 bridgehead atoms. The molecule has 2 saturated heterocycles. The Balaban J connectivity index is 1.26. The van der Waals surface area contributed by atoms with Crippen LogP contribution in [0, 0.1) is 12.7 Å². The number of aryl methyl sites for hydroxylation is 1. The number of benzene rings is 3. The minimum Gasteiger partial charge on any atom is -0.496 e. The van der Waals surface area contributed by atoms with Gasteiger partial charge in [-0.2, -0.15) is 0 Å². The maximum Gasteiger partial charge on any atom is 0.320 e. The monoisotopic (exact) mass is 630 g/mol. The third kappa shape index (κ3) is 6.61. The number of likely N-dealkylation sites (tertiary alicyclic amines) is 1. The molecule has 244 valence electrons. The van der Waals surface area contributed by atoms with E-state index < -0.39 is 12.0 Å². The van der Waals surface area contributed by atoms with E-state index in [4.69, 9.17) is 19.2 Å². The molecule has 9 nitrogen and oxygen atoms in total. The van der Waals surface area contributed by atoms with Crippen molar-refractivity contribution in [3.8, 4) is 34.0 Å². The fourth-order valence-corrected chi connectivity index (χ4v) is 6.79. The number of rotatable bonds is 11. The van der Waals surface area contributed by atoms with E-state index in [2.05, 4.69) is 4.90 Å². The van der Waals surface area contributed by atoms with Gasteiger partial charge < -0.3 is 23.9 Å². The van der Waals surface area contributed by atoms with Crippen LogP contribution in [0.3, 0.4) is 0 Å². The summed E-state index contributed by atoms with van der Waals surface area (Å²) >= 11 is 0. The van der Waals surface area contributed by atoms with Crippen LogP contribution in [-0.4, -0.2) is 89.6 Å². The van der Waals surface area contributed by atoms with Crippen LogP contribution in [0.5, 0.6) is 11.5 Å². The van der Waals surface area contributed by atoms with Gasteiger partial charge in [0.2, 0.25) is 0 Å². The fourth-order valence-electron chi connectivity index (χ4n) is 6.79. The largest absolute Gasteiger partial charge is 0.496 e. The van der Waals surface area contributed by atoms with Gasteiger partial charge in [0.05, 0.1) is 38.0 Å². The summed E-state index contributed by atoms with van der Waals surface area (Å²) < 4.78 is 35.0. The second-order valence-corrected chi connectivity index (χ2v) is 12.2. The van der Waals surface area contributed by atoms with E-state index in [1.165, 1.54) is 0 Å². The number of halogens is 1. The Morgan fingerprint density at radius 3 is 2.59 bits per heavy atom. The molecule has 10 heteroatoms. The van der Waals surface area contributed by atoms with Crippen molar-refractivity contribution in [3.05, 3.63) is 65.5 Å². The SMILES string of the molecule is COc1cc2c(cc1CN1CCCCC1C(=O)O)nc(-c1cccc(-c3cccc(OCCCN4CCOCC4)c3F)c1C)n2C. The Bertz CT molecular complexity index is 1700. The van der Waals surface area contributed by atoms with E-state index in [0.29, 0.717) is 30.9 Å². The molecule has 1 aromatic heterocycles. The van der Waals surface area contributed by atoms with Crippen LogP contribution in [0.1, 0.15) is 36.8 Å². The second kappa shape index (κ2) is 14.2. The minimum absolute atomic E-state index is 0.255. The van der Waals surface area contributed by atoms with Gasteiger partial charge in [-0.15, -0.1) is 0 Å². The summed E-state index contributed by atoms with van der Waals surface area (Å²) in [7, 11) is 3.60. The summed E-state index contributed by atoms with van der Waals surface area (Å²) in [5.41, 5.74) is 5.67. The number of aliphatic carboxylic acids is 1. The van der Waals surface area contributed by atoms with Crippen molar-refractivity contribution in [1.82, 2.24) is 19.4 Å². The predicted octanol–water partition coefficient (Wildman–Crippen LogP) is 5.90. The first-order valence-corrected chi connectivity index (χ1v) is 16.2. The van der Waals surface area contributed by atoms with Gasteiger partial charge in [-0.05, 0) is 56.0 Å². The number of carboxylic acids is 1. The molecule has 6 rings (SSSR count). The molecule has 0 aliphatic carbocycles. The average Bonchev–Trinajstić information content (AvgIpc) is 3.38. The maximum absolute atomic E-state index is 15.9. The van der Waals surface area contributed by atoms with Gasteiger partial charge in [0, 0.05) is 56.0 Å². The van der Waals surface area contributed by atoms with Gasteiger partial charge in [-0.3, -0.25) is 14.6 Å². The Morgan fingerprint density at radius 1 is 1.04 bits per heavy atom. The zero-order valence-electron chi connectivity index (χ0n) is 26.9.